The Balaban J connectivity index is 2.06. The maximum atomic E-state index is 11.8. The Morgan fingerprint density at radius 3 is 2.85 bits per heavy atom. The lowest BCUT2D eigenvalue weighted by molar-refractivity contribution is -0.121. The molecule has 0 aliphatic carbocycles. The van der Waals surface area contributed by atoms with E-state index in [9.17, 15) is 4.79 Å². The van der Waals surface area contributed by atoms with E-state index < -0.39 is 0 Å². The first-order chi connectivity index (χ1) is 9.60. The number of carbonyl (C=O) groups excluding carboxylic acids is 1. The van der Waals surface area contributed by atoms with Crippen LogP contribution in [0.15, 0.2) is 28.8 Å². The minimum absolute atomic E-state index is 0.0866. The first-order valence-corrected chi connectivity index (χ1v) is 6.78. The second kappa shape index (κ2) is 6.32. The maximum absolute atomic E-state index is 11.8. The van der Waals surface area contributed by atoms with Crippen LogP contribution in [0, 0.1) is 6.92 Å². The van der Waals surface area contributed by atoms with E-state index >= 15 is 0 Å². The summed E-state index contributed by atoms with van der Waals surface area (Å²) in [5, 5.41) is 6.74. The molecule has 0 radical (unpaired) electrons. The fraction of sp³-hybridized carbons (Fsp3) is 0.400. The molecule has 0 saturated heterocycles. The summed E-state index contributed by atoms with van der Waals surface area (Å²) in [7, 11) is 0. The zero-order chi connectivity index (χ0) is 14.5. The number of hydrogen-bond donors (Lipinski definition) is 1. The number of aryl methyl sites for hydroxylation is 1. The normalized spacial score (nSPS) is 12.2. The van der Waals surface area contributed by atoms with Gasteiger partial charge in [-0.1, -0.05) is 30.3 Å². The van der Waals surface area contributed by atoms with Crippen LogP contribution in [0.3, 0.4) is 0 Å². The molecule has 1 N–H and O–H groups in total. The molecule has 1 amide bonds. The van der Waals surface area contributed by atoms with Gasteiger partial charge in [0.15, 0.2) is 5.82 Å². The van der Waals surface area contributed by atoms with Gasteiger partial charge < -0.3 is 9.84 Å². The van der Waals surface area contributed by atoms with Crippen molar-refractivity contribution in [2.45, 2.75) is 39.7 Å². The molecule has 20 heavy (non-hydrogen) atoms. The van der Waals surface area contributed by atoms with Gasteiger partial charge in [-0.05, 0) is 31.9 Å². The molecule has 0 saturated carbocycles. The van der Waals surface area contributed by atoms with Crippen LogP contribution in [0.4, 0.5) is 0 Å². The summed E-state index contributed by atoms with van der Waals surface area (Å²) in [5.41, 5.74) is 1.96. The Hall–Kier alpha value is -2.17. The van der Waals surface area contributed by atoms with Gasteiger partial charge in [-0.15, -0.1) is 0 Å². The highest BCUT2D eigenvalue weighted by atomic mass is 16.5. The fourth-order valence-corrected chi connectivity index (χ4v) is 1.82. The molecule has 1 atom stereocenters. The predicted molar refractivity (Wildman–Crippen MR) is 76.1 cm³/mol. The molecule has 1 heterocycles. The number of carbonyl (C=O) groups is 1. The molecule has 5 heteroatoms. The maximum Gasteiger partial charge on any atom is 0.258 e. The van der Waals surface area contributed by atoms with Gasteiger partial charge in [0.25, 0.3) is 5.89 Å². The van der Waals surface area contributed by atoms with Gasteiger partial charge >= 0.3 is 0 Å². The van der Waals surface area contributed by atoms with Gasteiger partial charge in [0.2, 0.25) is 5.91 Å². The second-order valence-electron chi connectivity index (χ2n) is 4.88. The van der Waals surface area contributed by atoms with Crippen LogP contribution in [0.25, 0.3) is 11.5 Å². The molecule has 1 aromatic heterocycles. The highest BCUT2D eigenvalue weighted by Crippen LogP contribution is 2.20. The number of benzene rings is 1. The molecule has 5 nitrogen and oxygen atoms in total. The molecular formula is C15H19N3O2. The van der Waals surface area contributed by atoms with E-state index in [4.69, 9.17) is 4.52 Å². The highest BCUT2D eigenvalue weighted by Gasteiger charge is 2.14. The average molecular weight is 273 g/mol. The van der Waals surface area contributed by atoms with Crippen molar-refractivity contribution in [1.82, 2.24) is 15.5 Å². The van der Waals surface area contributed by atoms with Gasteiger partial charge in [0.1, 0.15) is 0 Å². The van der Waals surface area contributed by atoms with Gasteiger partial charge in [-0.25, -0.2) is 0 Å². The molecule has 1 aromatic carbocycles. The Morgan fingerprint density at radius 2 is 2.15 bits per heavy atom. The third-order valence-electron chi connectivity index (χ3n) is 3.18. The van der Waals surface area contributed by atoms with E-state index in [0.29, 0.717) is 11.7 Å². The molecule has 0 aliphatic heterocycles. The minimum atomic E-state index is -0.0866. The summed E-state index contributed by atoms with van der Waals surface area (Å²) in [6.45, 7) is 5.97. The average Bonchev–Trinajstić information content (AvgIpc) is 2.87. The summed E-state index contributed by atoms with van der Waals surface area (Å²) < 4.78 is 5.22. The molecule has 0 aliphatic rings. The Morgan fingerprint density at radius 1 is 1.40 bits per heavy atom. The van der Waals surface area contributed by atoms with Crippen LogP contribution < -0.4 is 5.32 Å². The quantitative estimate of drug-likeness (QED) is 0.908. The van der Waals surface area contributed by atoms with E-state index in [0.717, 1.165) is 17.5 Å². The lowest BCUT2D eigenvalue weighted by atomic mass is 10.1. The van der Waals surface area contributed by atoms with Crippen molar-refractivity contribution >= 4 is 5.91 Å². The van der Waals surface area contributed by atoms with Crippen LogP contribution in [-0.2, 0) is 11.2 Å². The van der Waals surface area contributed by atoms with Crippen LogP contribution in [0.5, 0.6) is 0 Å². The third-order valence-corrected chi connectivity index (χ3v) is 3.18. The number of amides is 1. The topological polar surface area (TPSA) is 68.0 Å². The van der Waals surface area contributed by atoms with Crippen LogP contribution in [-0.4, -0.2) is 22.1 Å². The van der Waals surface area contributed by atoms with Crippen molar-refractivity contribution in [1.29, 1.82) is 0 Å². The number of hydrogen-bond acceptors (Lipinski definition) is 4. The van der Waals surface area contributed by atoms with E-state index in [1.54, 1.807) is 0 Å². The molecule has 2 aromatic rings. The summed E-state index contributed by atoms with van der Waals surface area (Å²) >= 11 is 0. The number of nitrogens with zero attached hydrogens (tertiary/aromatic N) is 2. The van der Waals surface area contributed by atoms with Crippen molar-refractivity contribution in [3.05, 3.63) is 35.7 Å². The summed E-state index contributed by atoms with van der Waals surface area (Å²) in [4.78, 5) is 16.0. The molecule has 0 spiro atoms. The first-order valence-electron chi connectivity index (χ1n) is 6.78. The predicted octanol–water partition coefficient (Wildman–Crippen LogP) is 2.50. The van der Waals surface area contributed by atoms with E-state index in [2.05, 4.69) is 15.5 Å². The number of rotatable bonds is 5. The Kier molecular flexibility index (Phi) is 4.50. The van der Waals surface area contributed by atoms with E-state index in [1.165, 1.54) is 0 Å². The van der Waals surface area contributed by atoms with Gasteiger partial charge in [0.05, 0.1) is 6.42 Å². The third kappa shape index (κ3) is 3.44. The zero-order valence-corrected chi connectivity index (χ0v) is 12.0. The molecule has 2 rings (SSSR count). The van der Waals surface area contributed by atoms with Gasteiger partial charge in [-0.3, -0.25) is 4.79 Å². The van der Waals surface area contributed by atoms with Crippen molar-refractivity contribution in [2.24, 2.45) is 0 Å². The number of nitrogens with one attached hydrogen (secondary N) is 1. The summed E-state index contributed by atoms with van der Waals surface area (Å²) in [6, 6.07) is 7.93. The summed E-state index contributed by atoms with van der Waals surface area (Å²) in [5.74, 6) is 0.773. The molecule has 0 fully saturated rings. The van der Waals surface area contributed by atoms with Crippen LogP contribution >= 0.6 is 0 Å². The Bertz CT molecular complexity index is 592. The first kappa shape index (κ1) is 14.2. The van der Waals surface area contributed by atoms with Crippen molar-refractivity contribution in [3.63, 3.8) is 0 Å². The monoisotopic (exact) mass is 273 g/mol. The number of aromatic nitrogens is 2. The van der Waals surface area contributed by atoms with Crippen LogP contribution in [0.2, 0.25) is 0 Å². The summed E-state index contributed by atoms with van der Waals surface area (Å²) in [6.07, 6.45) is 1.03. The molecular weight excluding hydrogens is 254 g/mol. The molecule has 1 unspecified atom stereocenters. The van der Waals surface area contributed by atoms with Crippen molar-refractivity contribution in [3.8, 4) is 11.5 Å². The van der Waals surface area contributed by atoms with E-state index in [-0.39, 0.29) is 18.4 Å². The molecule has 106 valence electrons. The zero-order valence-electron chi connectivity index (χ0n) is 12.0. The minimum Gasteiger partial charge on any atom is -0.353 e. The lowest BCUT2D eigenvalue weighted by Gasteiger charge is -2.09. The van der Waals surface area contributed by atoms with E-state index in [1.807, 2.05) is 45.0 Å². The fourth-order valence-electron chi connectivity index (χ4n) is 1.82. The lowest BCUT2D eigenvalue weighted by Crippen LogP contribution is -2.33. The van der Waals surface area contributed by atoms with Crippen molar-refractivity contribution < 1.29 is 9.32 Å². The van der Waals surface area contributed by atoms with Gasteiger partial charge in [-0.2, -0.15) is 4.98 Å². The smallest absolute Gasteiger partial charge is 0.258 e. The largest absolute Gasteiger partial charge is 0.353 e. The van der Waals surface area contributed by atoms with Crippen LogP contribution in [0.1, 0.15) is 31.7 Å². The van der Waals surface area contributed by atoms with Crippen molar-refractivity contribution in [2.75, 3.05) is 0 Å². The molecule has 0 bridgehead atoms. The van der Waals surface area contributed by atoms with Gasteiger partial charge in [0, 0.05) is 11.6 Å². The highest BCUT2D eigenvalue weighted by molar-refractivity contribution is 5.78. The Labute approximate surface area is 118 Å². The SMILES string of the molecule is CCC(C)NC(=O)Cc1noc(-c2ccccc2C)n1. The standard InChI is InChI=1S/C15H19N3O2/c1-4-11(3)16-14(19)9-13-17-15(20-18-13)12-8-6-5-7-10(12)2/h5-8,11H,4,9H2,1-3H3,(H,16,19). The second-order valence-corrected chi connectivity index (χ2v) is 4.88.